The summed E-state index contributed by atoms with van der Waals surface area (Å²) in [6.45, 7) is 2.01. The third kappa shape index (κ3) is 2.34. The Bertz CT molecular complexity index is 552. The summed E-state index contributed by atoms with van der Waals surface area (Å²) < 4.78 is 14.3. The smallest absolute Gasteiger partial charge is 0.137 e. The molecule has 1 N–H and O–H groups in total. The number of halogens is 2. The summed E-state index contributed by atoms with van der Waals surface area (Å²) >= 11 is 3.23. The van der Waals surface area contributed by atoms with Gasteiger partial charge in [0.15, 0.2) is 0 Å². The molecule has 0 amide bonds. The summed E-state index contributed by atoms with van der Waals surface area (Å²) in [6, 6.07) is 10.2. The van der Waals surface area contributed by atoms with Crippen LogP contribution in [0.3, 0.4) is 0 Å². The summed E-state index contributed by atoms with van der Waals surface area (Å²) in [5, 5.41) is 9.93. The highest BCUT2D eigenvalue weighted by Gasteiger charge is 2.11. The van der Waals surface area contributed by atoms with Crippen LogP contribution in [-0.2, 0) is 6.42 Å². The average molecular weight is 295 g/mol. The van der Waals surface area contributed by atoms with E-state index < -0.39 is 0 Å². The monoisotopic (exact) mass is 294 g/mol. The van der Waals surface area contributed by atoms with E-state index in [2.05, 4.69) is 15.9 Å². The zero-order chi connectivity index (χ0) is 12.4. The Morgan fingerprint density at radius 3 is 2.65 bits per heavy atom. The molecule has 0 aliphatic rings. The predicted octanol–water partition coefficient (Wildman–Crippen LogP) is 4.52. The fourth-order valence-corrected chi connectivity index (χ4v) is 2.10. The fourth-order valence-electron chi connectivity index (χ4n) is 1.73. The molecule has 3 heteroatoms. The van der Waals surface area contributed by atoms with Crippen molar-refractivity contribution < 1.29 is 9.50 Å². The molecular formula is C14H12BrFO. The van der Waals surface area contributed by atoms with E-state index in [4.69, 9.17) is 0 Å². The first-order valence-corrected chi connectivity index (χ1v) is 6.19. The summed E-state index contributed by atoms with van der Waals surface area (Å²) in [5.74, 6) is -0.254. The van der Waals surface area contributed by atoms with Crippen LogP contribution in [-0.4, -0.2) is 5.11 Å². The van der Waals surface area contributed by atoms with Crippen LogP contribution in [0, 0.1) is 5.82 Å². The number of phenols is 1. The van der Waals surface area contributed by atoms with Gasteiger partial charge in [-0.3, -0.25) is 0 Å². The Labute approximate surface area is 108 Å². The van der Waals surface area contributed by atoms with Crippen molar-refractivity contribution in [2.24, 2.45) is 0 Å². The quantitative estimate of drug-likeness (QED) is 0.863. The van der Waals surface area contributed by atoms with Crippen LogP contribution in [0.5, 0.6) is 5.75 Å². The van der Waals surface area contributed by atoms with E-state index >= 15 is 0 Å². The minimum atomic E-state index is -0.324. The Hall–Kier alpha value is -1.35. The van der Waals surface area contributed by atoms with Crippen LogP contribution in [0.4, 0.5) is 4.39 Å². The van der Waals surface area contributed by atoms with Gasteiger partial charge in [-0.2, -0.15) is 0 Å². The molecule has 2 aromatic carbocycles. The van der Waals surface area contributed by atoms with Gasteiger partial charge in [-0.25, -0.2) is 4.39 Å². The highest BCUT2D eigenvalue weighted by atomic mass is 79.9. The molecule has 0 aliphatic heterocycles. The zero-order valence-electron chi connectivity index (χ0n) is 9.37. The molecule has 0 fully saturated rings. The Kier molecular flexibility index (Phi) is 3.48. The second-order valence-corrected chi connectivity index (χ2v) is 4.66. The molecule has 0 bridgehead atoms. The van der Waals surface area contributed by atoms with Crippen LogP contribution < -0.4 is 0 Å². The minimum absolute atomic E-state index is 0.0691. The van der Waals surface area contributed by atoms with Crippen molar-refractivity contribution in [3.05, 3.63) is 52.3 Å². The fraction of sp³-hybridized carbons (Fsp3) is 0.143. The number of hydrogen-bond donors (Lipinski definition) is 1. The summed E-state index contributed by atoms with van der Waals surface area (Å²) in [4.78, 5) is 0. The van der Waals surface area contributed by atoms with Crippen LogP contribution in [0.1, 0.15) is 12.5 Å². The van der Waals surface area contributed by atoms with Gasteiger partial charge in [-0.05, 0) is 46.1 Å². The third-order valence-electron chi connectivity index (χ3n) is 2.72. The average Bonchev–Trinajstić information content (AvgIpc) is 2.34. The first-order chi connectivity index (χ1) is 8.13. The lowest BCUT2D eigenvalue weighted by Gasteiger charge is -2.09. The molecule has 2 rings (SSSR count). The minimum Gasteiger partial charge on any atom is -0.506 e. The molecule has 0 radical (unpaired) electrons. The van der Waals surface area contributed by atoms with Crippen molar-refractivity contribution in [1.82, 2.24) is 0 Å². The van der Waals surface area contributed by atoms with Gasteiger partial charge in [0.2, 0.25) is 0 Å². The number of benzene rings is 2. The van der Waals surface area contributed by atoms with E-state index in [-0.39, 0.29) is 11.6 Å². The van der Waals surface area contributed by atoms with Crippen molar-refractivity contribution >= 4 is 15.9 Å². The van der Waals surface area contributed by atoms with Crippen molar-refractivity contribution in [1.29, 1.82) is 0 Å². The number of phenolic OH excluding ortho intramolecular Hbond substituents is 1. The zero-order valence-corrected chi connectivity index (χ0v) is 11.0. The second kappa shape index (κ2) is 4.88. The van der Waals surface area contributed by atoms with Gasteiger partial charge >= 0.3 is 0 Å². The van der Waals surface area contributed by atoms with Crippen molar-refractivity contribution in [2.45, 2.75) is 13.3 Å². The summed E-state index contributed by atoms with van der Waals surface area (Å²) in [5.41, 5.74) is 1.98. The van der Waals surface area contributed by atoms with E-state index in [0.717, 1.165) is 12.0 Å². The topological polar surface area (TPSA) is 20.2 Å². The number of hydrogen-bond acceptors (Lipinski definition) is 1. The van der Waals surface area contributed by atoms with E-state index in [1.54, 1.807) is 30.3 Å². The number of para-hydroxylation sites is 1. The third-order valence-corrected chi connectivity index (χ3v) is 3.36. The predicted molar refractivity (Wildman–Crippen MR) is 70.6 cm³/mol. The van der Waals surface area contributed by atoms with E-state index in [0.29, 0.717) is 15.6 Å². The molecule has 88 valence electrons. The van der Waals surface area contributed by atoms with Crippen LogP contribution in [0.2, 0.25) is 0 Å². The van der Waals surface area contributed by atoms with Gasteiger partial charge in [-0.15, -0.1) is 0 Å². The van der Waals surface area contributed by atoms with Crippen LogP contribution in [0.25, 0.3) is 11.1 Å². The van der Waals surface area contributed by atoms with Gasteiger partial charge in [0, 0.05) is 11.1 Å². The van der Waals surface area contributed by atoms with Crippen LogP contribution in [0.15, 0.2) is 40.9 Å². The van der Waals surface area contributed by atoms with Crippen LogP contribution >= 0.6 is 15.9 Å². The summed E-state index contributed by atoms with van der Waals surface area (Å²) in [6.07, 6.45) is 0.835. The van der Waals surface area contributed by atoms with E-state index in [1.807, 2.05) is 6.92 Å². The van der Waals surface area contributed by atoms with Gasteiger partial charge in [0.05, 0.1) is 4.47 Å². The van der Waals surface area contributed by atoms with E-state index in [1.165, 1.54) is 6.07 Å². The van der Waals surface area contributed by atoms with Crippen molar-refractivity contribution in [3.8, 4) is 16.9 Å². The van der Waals surface area contributed by atoms with Crippen molar-refractivity contribution in [2.75, 3.05) is 0 Å². The van der Waals surface area contributed by atoms with Gasteiger partial charge in [0.1, 0.15) is 11.6 Å². The van der Waals surface area contributed by atoms with Crippen molar-refractivity contribution in [3.63, 3.8) is 0 Å². The molecule has 0 unspecified atom stereocenters. The molecule has 0 spiro atoms. The number of aryl methyl sites for hydroxylation is 1. The normalized spacial score (nSPS) is 10.5. The lowest BCUT2D eigenvalue weighted by molar-refractivity contribution is 0.473. The molecule has 2 aromatic rings. The Balaban J connectivity index is 2.63. The first-order valence-electron chi connectivity index (χ1n) is 5.39. The molecule has 0 saturated heterocycles. The molecule has 0 heterocycles. The Morgan fingerprint density at radius 1 is 1.18 bits per heavy atom. The standard InChI is InChI=1S/C14H12BrFO/c1-2-9-6-7-13(16)11(8-9)10-4-3-5-12(15)14(10)17/h3-8,17H,2H2,1H3. The number of rotatable bonds is 2. The molecule has 0 aliphatic carbocycles. The lowest BCUT2D eigenvalue weighted by Crippen LogP contribution is -1.89. The summed E-state index contributed by atoms with van der Waals surface area (Å²) in [7, 11) is 0. The molecular weight excluding hydrogens is 283 g/mol. The largest absolute Gasteiger partial charge is 0.506 e. The molecule has 0 atom stereocenters. The van der Waals surface area contributed by atoms with Gasteiger partial charge in [0.25, 0.3) is 0 Å². The first kappa shape index (κ1) is 12.1. The maximum absolute atomic E-state index is 13.8. The SMILES string of the molecule is CCc1ccc(F)c(-c2cccc(Br)c2O)c1. The number of aromatic hydroxyl groups is 1. The maximum Gasteiger partial charge on any atom is 0.137 e. The van der Waals surface area contributed by atoms with Gasteiger partial charge in [-0.1, -0.05) is 25.1 Å². The Morgan fingerprint density at radius 2 is 1.94 bits per heavy atom. The maximum atomic E-state index is 13.8. The molecule has 0 saturated carbocycles. The molecule has 17 heavy (non-hydrogen) atoms. The van der Waals surface area contributed by atoms with E-state index in [9.17, 15) is 9.50 Å². The molecule has 1 nitrogen and oxygen atoms in total. The lowest BCUT2D eigenvalue weighted by atomic mass is 10.0. The van der Waals surface area contributed by atoms with Gasteiger partial charge < -0.3 is 5.11 Å². The highest BCUT2D eigenvalue weighted by molar-refractivity contribution is 9.10. The molecule has 0 aromatic heterocycles. The highest BCUT2D eigenvalue weighted by Crippen LogP contribution is 2.36. The second-order valence-electron chi connectivity index (χ2n) is 3.80.